The molecule has 0 radical (unpaired) electrons. The van der Waals surface area contributed by atoms with Gasteiger partial charge in [0.1, 0.15) is 0 Å². The minimum Gasteiger partial charge on any atom is -0.393 e. The van der Waals surface area contributed by atoms with Crippen LogP contribution in [0.5, 0.6) is 0 Å². The minimum atomic E-state index is 0.000983. The Labute approximate surface area is 454 Å². The fourth-order valence-corrected chi connectivity index (χ4v) is 15.9. The Morgan fingerprint density at radius 1 is 0.278 bits per heavy atom. The van der Waals surface area contributed by atoms with Crippen LogP contribution < -0.4 is 16.0 Å². The van der Waals surface area contributed by atoms with Crippen LogP contribution in [0.2, 0.25) is 0 Å². The molecule has 0 aromatic heterocycles. The molecule has 9 aliphatic rings. The van der Waals surface area contributed by atoms with Crippen molar-refractivity contribution in [3.05, 3.63) is 0 Å². The van der Waals surface area contributed by atoms with Gasteiger partial charge in [-0.05, 0) is 248 Å². The van der Waals surface area contributed by atoms with Crippen molar-refractivity contribution in [1.29, 1.82) is 0 Å². The first-order valence-electron chi connectivity index (χ1n) is 32.2. The van der Waals surface area contributed by atoms with Crippen molar-refractivity contribution in [1.82, 2.24) is 16.0 Å². The minimum absolute atomic E-state index is 0.000983. The number of nitrogens with one attached hydrogen (secondary N) is 3. The van der Waals surface area contributed by atoms with E-state index in [4.69, 9.17) is 0 Å². The number of piperidine rings is 3. The summed E-state index contributed by atoms with van der Waals surface area (Å²) in [5, 5.41) is 40.8. The molecule has 6 unspecified atom stereocenters. The summed E-state index contributed by atoms with van der Waals surface area (Å²) >= 11 is 0. The molecule has 9 fully saturated rings. The van der Waals surface area contributed by atoms with Crippen LogP contribution in [0.3, 0.4) is 0 Å². The lowest BCUT2D eigenvalue weighted by Gasteiger charge is -2.41. The highest BCUT2D eigenvalue weighted by Gasteiger charge is 2.38. The number of aliphatic hydroxyl groups is 3. The SMILES string of the molecule is CPC.CPC.CPC.OC1CCC(C(CC2CCCCN2)C2CCCCC2)CC1.OC1CCC(C(CC2CCCCN2)C2CCCCC2)CC1.OC1CCC(C(CC2CCCCN2)C2CCCCC2)CC1. The molecule has 0 amide bonds. The van der Waals surface area contributed by atoms with Gasteiger partial charge in [-0.15, -0.1) is 25.7 Å². The van der Waals surface area contributed by atoms with E-state index in [2.05, 4.69) is 55.9 Å². The zero-order valence-electron chi connectivity index (χ0n) is 48.7. The third-order valence-electron chi connectivity index (χ3n) is 19.7. The summed E-state index contributed by atoms with van der Waals surface area (Å²) in [6.45, 7) is 16.6. The van der Waals surface area contributed by atoms with Gasteiger partial charge in [-0.1, -0.05) is 116 Å². The van der Waals surface area contributed by atoms with Gasteiger partial charge in [-0.3, -0.25) is 0 Å². The van der Waals surface area contributed by atoms with E-state index in [1.165, 1.54) is 232 Å². The maximum atomic E-state index is 9.83. The summed E-state index contributed by atoms with van der Waals surface area (Å²) in [5.41, 5.74) is 0. The van der Waals surface area contributed by atoms with E-state index >= 15 is 0 Å². The zero-order valence-corrected chi connectivity index (χ0v) is 51.7. The van der Waals surface area contributed by atoms with Gasteiger partial charge in [0.15, 0.2) is 0 Å². The quantitative estimate of drug-likeness (QED) is 0.109. The maximum Gasteiger partial charge on any atom is 0.0540 e. The second-order valence-electron chi connectivity index (χ2n) is 25.5. The smallest absolute Gasteiger partial charge is 0.0540 e. The second kappa shape index (κ2) is 41.1. The summed E-state index contributed by atoms with van der Waals surface area (Å²) in [5.74, 6) is 8.49. The second-order valence-corrected chi connectivity index (χ2v) is 28.5. The molecule has 0 bridgehead atoms. The maximum absolute atomic E-state index is 9.83. The van der Waals surface area contributed by atoms with Gasteiger partial charge < -0.3 is 31.3 Å². The van der Waals surface area contributed by atoms with Crippen LogP contribution in [0.1, 0.15) is 250 Å². The molecule has 9 rings (SSSR count). The molecule has 72 heavy (non-hydrogen) atoms. The van der Waals surface area contributed by atoms with Crippen LogP contribution in [0, 0.1) is 53.3 Å². The molecular weight excluding hydrogens is 940 g/mol. The first kappa shape index (κ1) is 65.6. The van der Waals surface area contributed by atoms with Gasteiger partial charge in [0.05, 0.1) is 18.3 Å². The van der Waals surface area contributed by atoms with Crippen molar-refractivity contribution in [3.63, 3.8) is 0 Å². The van der Waals surface area contributed by atoms with E-state index in [0.29, 0.717) is 0 Å². The third kappa shape index (κ3) is 26.3. The van der Waals surface area contributed by atoms with Crippen molar-refractivity contribution in [2.45, 2.75) is 287 Å². The van der Waals surface area contributed by atoms with E-state index in [9.17, 15) is 15.3 Å². The monoisotopic (exact) mass is 1070 g/mol. The Hall–Kier alpha value is 1.05. The van der Waals surface area contributed by atoms with Crippen LogP contribution in [0.15, 0.2) is 0 Å². The van der Waals surface area contributed by atoms with Crippen LogP contribution in [0.4, 0.5) is 0 Å². The first-order valence-corrected chi connectivity index (χ1v) is 38.2. The lowest BCUT2D eigenvalue weighted by atomic mass is 9.67. The van der Waals surface area contributed by atoms with E-state index in [0.717, 1.165) is 136 Å². The van der Waals surface area contributed by atoms with Crippen LogP contribution in [-0.4, -0.2) is 111 Å². The van der Waals surface area contributed by atoms with E-state index in [1.54, 1.807) is 0 Å². The molecule has 6 saturated carbocycles. The number of hydrogen-bond acceptors (Lipinski definition) is 6. The number of hydrogen-bond donors (Lipinski definition) is 6. The summed E-state index contributed by atoms with van der Waals surface area (Å²) in [7, 11) is 3.25. The van der Waals surface area contributed by atoms with E-state index in [-0.39, 0.29) is 18.3 Å². The van der Waals surface area contributed by atoms with Crippen molar-refractivity contribution >= 4 is 25.7 Å². The molecule has 6 atom stereocenters. The van der Waals surface area contributed by atoms with Crippen molar-refractivity contribution in [2.75, 3.05) is 59.6 Å². The molecule has 6 nitrogen and oxygen atoms in total. The Balaban J connectivity index is 0.000000216. The van der Waals surface area contributed by atoms with Crippen LogP contribution in [0.25, 0.3) is 0 Å². The molecule has 3 aliphatic heterocycles. The molecular formula is C63H126N3O3P3. The van der Waals surface area contributed by atoms with Gasteiger partial charge >= 0.3 is 0 Å². The fourth-order valence-electron chi connectivity index (χ4n) is 15.9. The highest BCUT2D eigenvalue weighted by Crippen LogP contribution is 2.46. The van der Waals surface area contributed by atoms with Gasteiger partial charge in [0.25, 0.3) is 0 Å². The standard InChI is InChI=1S/3C19H35NO.3C2H7P/c3*21-18-11-9-16(10-12-18)19(15-6-2-1-3-7-15)14-17-8-4-5-13-20-17;3*1-3-2/h3*15-21H,1-14H2;3*3H,1-2H3. The molecule has 9 heteroatoms. The van der Waals surface area contributed by atoms with E-state index < -0.39 is 0 Å². The summed E-state index contributed by atoms with van der Waals surface area (Å²) in [6, 6.07) is 2.37. The largest absolute Gasteiger partial charge is 0.393 e. The lowest BCUT2D eigenvalue weighted by Crippen LogP contribution is -2.39. The molecule has 3 heterocycles. The molecule has 0 aromatic carbocycles. The normalized spacial score (nSPS) is 33.4. The molecule has 426 valence electrons. The molecule has 0 aromatic rings. The third-order valence-corrected chi connectivity index (χ3v) is 19.7. The predicted octanol–water partition coefficient (Wildman–Crippen LogP) is 15.6. The Morgan fingerprint density at radius 3 is 0.667 bits per heavy atom. The summed E-state index contributed by atoms with van der Waals surface area (Å²) in [4.78, 5) is 0. The van der Waals surface area contributed by atoms with Crippen LogP contribution in [-0.2, 0) is 0 Å². The first-order chi connectivity index (χ1) is 35.2. The Morgan fingerprint density at radius 2 is 0.472 bits per heavy atom. The highest BCUT2D eigenvalue weighted by molar-refractivity contribution is 7.36. The van der Waals surface area contributed by atoms with Crippen LogP contribution >= 0.6 is 25.7 Å². The number of aliphatic hydroxyl groups excluding tert-OH is 3. The van der Waals surface area contributed by atoms with Gasteiger partial charge in [0, 0.05) is 18.1 Å². The Kier molecular flexibility index (Phi) is 37.4. The van der Waals surface area contributed by atoms with Gasteiger partial charge in [0.2, 0.25) is 0 Å². The molecule has 0 spiro atoms. The van der Waals surface area contributed by atoms with Gasteiger partial charge in [-0.2, -0.15) is 0 Å². The lowest BCUT2D eigenvalue weighted by molar-refractivity contribution is 0.0596. The average Bonchev–Trinajstić information content (AvgIpc) is 3.42. The molecule has 6 aliphatic carbocycles. The highest BCUT2D eigenvalue weighted by atomic mass is 31.1. The molecule has 6 N–H and O–H groups in total. The summed E-state index contributed by atoms with van der Waals surface area (Å²) in [6.07, 6.45) is 53.1. The van der Waals surface area contributed by atoms with Crippen molar-refractivity contribution in [2.24, 2.45) is 53.3 Å². The van der Waals surface area contributed by atoms with E-state index in [1.807, 2.05) is 0 Å². The fraction of sp³-hybridized carbons (Fsp3) is 1.00. The Bertz CT molecular complexity index is 1060. The van der Waals surface area contributed by atoms with Crippen molar-refractivity contribution < 1.29 is 15.3 Å². The summed E-state index contributed by atoms with van der Waals surface area (Å²) < 4.78 is 0. The van der Waals surface area contributed by atoms with Crippen molar-refractivity contribution in [3.8, 4) is 0 Å². The topological polar surface area (TPSA) is 96.8 Å². The van der Waals surface area contributed by atoms with Gasteiger partial charge in [-0.25, -0.2) is 0 Å². The molecule has 3 saturated heterocycles. The zero-order chi connectivity index (χ0) is 51.6. The number of rotatable bonds is 12. The average molecular weight is 1070 g/mol. The predicted molar refractivity (Wildman–Crippen MR) is 325 cm³/mol.